The van der Waals surface area contributed by atoms with Crippen molar-refractivity contribution in [3.63, 3.8) is 0 Å². The Morgan fingerprint density at radius 2 is 1.50 bits per heavy atom. The van der Waals surface area contributed by atoms with E-state index >= 15 is 0 Å². The Bertz CT molecular complexity index is 1630. The van der Waals surface area contributed by atoms with E-state index in [1.807, 2.05) is 62.4 Å². The average Bonchev–Trinajstić information content (AvgIpc) is 3.29. The molecule has 0 aromatic heterocycles. The number of hydrogen-bond acceptors (Lipinski definition) is 6. The number of nitrogens with zero attached hydrogens (tertiary/aromatic N) is 1. The van der Waals surface area contributed by atoms with E-state index in [-0.39, 0.29) is 11.3 Å². The van der Waals surface area contributed by atoms with Crippen LogP contribution in [0.5, 0.6) is 5.75 Å². The number of anilines is 1. The molecule has 0 aliphatic carbocycles. The van der Waals surface area contributed by atoms with Crippen LogP contribution in [0.1, 0.15) is 52.0 Å². The van der Waals surface area contributed by atoms with Gasteiger partial charge in [-0.15, -0.1) is 0 Å². The smallest absolute Gasteiger partial charge is 0.338 e. The maximum atomic E-state index is 13.5. The number of Topliss-reactive ketones (excluding diaryl/α,β-unsaturated/α-hetero) is 1. The summed E-state index contributed by atoms with van der Waals surface area (Å²) in [5.74, 6) is -1.66. The van der Waals surface area contributed by atoms with Crippen LogP contribution in [0.3, 0.4) is 0 Å². The molecular formula is C35H31NO6. The van der Waals surface area contributed by atoms with Crippen molar-refractivity contribution < 1.29 is 29.0 Å². The molecule has 7 heteroatoms. The van der Waals surface area contributed by atoms with Gasteiger partial charge < -0.3 is 14.6 Å². The van der Waals surface area contributed by atoms with Crippen LogP contribution in [0.4, 0.5) is 5.69 Å². The fourth-order valence-corrected chi connectivity index (χ4v) is 4.94. The van der Waals surface area contributed by atoms with Crippen LogP contribution >= 0.6 is 0 Å². The summed E-state index contributed by atoms with van der Waals surface area (Å²) in [6.45, 7) is 4.47. The summed E-state index contributed by atoms with van der Waals surface area (Å²) in [5.41, 5.74) is 3.58. The quantitative estimate of drug-likeness (QED) is 0.105. The minimum atomic E-state index is -0.876. The maximum absolute atomic E-state index is 13.5. The van der Waals surface area contributed by atoms with Crippen LogP contribution in [0.25, 0.3) is 5.76 Å². The summed E-state index contributed by atoms with van der Waals surface area (Å²) < 4.78 is 11.2. The fraction of sp³-hybridized carbons (Fsp3) is 0.171. The van der Waals surface area contributed by atoms with Gasteiger partial charge in [0.05, 0.1) is 23.8 Å². The molecule has 1 heterocycles. The lowest BCUT2D eigenvalue weighted by Crippen LogP contribution is -2.29. The van der Waals surface area contributed by atoms with Gasteiger partial charge in [0.2, 0.25) is 0 Å². The Morgan fingerprint density at radius 3 is 2.14 bits per heavy atom. The first-order valence-electron chi connectivity index (χ1n) is 13.8. The zero-order valence-electron chi connectivity index (χ0n) is 23.4. The van der Waals surface area contributed by atoms with Gasteiger partial charge in [0.25, 0.3) is 11.7 Å². The van der Waals surface area contributed by atoms with E-state index in [0.29, 0.717) is 47.8 Å². The number of aliphatic hydroxyl groups excluding tert-OH is 1. The van der Waals surface area contributed by atoms with Crippen molar-refractivity contribution in [2.75, 3.05) is 11.5 Å². The van der Waals surface area contributed by atoms with Crippen molar-refractivity contribution in [2.45, 2.75) is 32.9 Å². The molecule has 42 heavy (non-hydrogen) atoms. The van der Waals surface area contributed by atoms with Crippen molar-refractivity contribution in [3.8, 4) is 5.75 Å². The number of aryl methyl sites for hydroxylation is 1. The molecule has 7 nitrogen and oxygen atoms in total. The summed E-state index contributed by atoms with van der Waals surface area (Å²) in [7, 11) is 0. The van der Waals surface area contributed by atoms with E-state index in [9.17, 15) is 19.5 Å². The average molecular weight is 562 g/mol. The van der Waals surface area contributed by atoms with E-state index in [1.54, 1.807) is 54.6 Å². The highest BCUT2D eigenvalue weighted by molar-refractivity contribution is 6.51. The van der Waals surface area contributed by atoms with Crippen LogP contribution in [0.15, 0.2) is 109 Å². The van der Waals surface area contributed by atoms with Gasteiger partial charge in [-0.3, -0.25) is 14.5 Å². The largest absolute Gasteiger partial charge is 0.507 e. The third-order valence-corrected chi connectivity index (χ3v) is 7.06. The molecule has 1 unspecified atom stereocenters. The molecule has 1 fully saturated rings. The molecule has 1 saturated heterocycles. The molecule has 1 aliphatic rings. The number of benzene rings is 4. The van der Waals surface area contributed by atoms with Crippen LogP contribution < -0.4 is 9.64 Å². The van der Waals surface area contributed by atoms with Crippen molar-refractivity contribution in [1.82, 2.24) is 0 Å². The summed E-state index contributed by atoms with van der Waals surface area (Å²) in [4.78, 5) is 40.6. The van der Waals surface area contributed by atoms with Gasteiger partial charge in [0.15, 0.2) is 0 Å². The van der Waals surface area contributed by atoms with Crippen molar-refractivity contribution >= 4 is 29.1 Å². The minimum absolute atomic E-state index is 0.0185. The van der Waals surface area contributed by atoms with Crippen LogP contribution in [-0.2, 0) is 20.9 Å². The van der Waals surface area contributed by atoms with Crippen molar-refractivity contribution in [3.05, 3.63) is 137 Å². The maximum Gasteiger partial charge on any atom is 0.338 e. The van der Waals surface area contributed by atoms with Crippen LogP contribution in [-0.4, -0.2) is 29.4 Å². The Labute approximate surface area is 244 Å². The molecule has 0 saturated carbocycles. The predicted molar refractivity (Wildman–Crippen MR) is 160 cm³/mol. The summed E-state index contributed by atoms with van der Waals surface area (Å²) in [5, 5.41) is 11.5. The number of amides is 1. The summed E-state index contributed by atoms with van der Waals surface area (Å²) >= 11 is 0. The fourth-order valence-electron chi connectivity index (χ4n) is 4.94. The molecule has 4 aromatic carbocycles. The molecule has 1 N–H and O–H groups in total. The van der Waals surface area contributed by atoms with Crippen molar-refractivity contribution in [2.24, 2.45) is 0 Å². The number of ether oxygens (including phenoxy) is 2. The second-order valence-electron chi connectivity index (χ2n) is 10.0. The molecule has 1 aliphatic heterocycles. The summed E-state index contributed by atoms with van der Waals surface area (Å²) in [6, 6.07) is 29.5. The van der Waals surface area contributed by atoms with Gasteiger partial charge in [-0.25, -0.2) is 4.79 Å². The van der Waals surface area contributed by atoms with E-state index in [2.05, 4.69) is 0 Å². The standard InChI is InChI=1S/C35H31NO6/c1-3-20-41-35(40)26-14-17-28(18-15-26)36-31(25-12-8-5-9-13-25)30(33(38)34(36)39)32(37)27-16-19-29(23(2)21-27)42-22-24-10-6-4-7-11-24/h4-19,21,31,37H,3,20,22H2,1-2H3/b32-30-. The van der Waals surface area contributed by atoms with E-state index in [4.69, 9.17) is 9.47 Å². The number of hydrogen-bond donors (Lipinski definition) is 1. The lowest BCUT2D eigenvalue weighted by molar-refractivity contribution is -0.132. The number of carbonyl (C=O) groups excluding carboxylic acids is 3. The van der Waals surface area contributed by atoms with Gasteiger partial charge in [0, 0.05) is 11.3 Å². The molecule has 1 amide bonds. The zero-order chi connectivity index (χ0) is 29.6. The van der Waals surface area contributed by atoms with Gasteiger partial charge >= 0.3 is 5.97 Å². The lowest BCUT2D eigenvalue weighted by atomic mass is 9.94. The van der Waals surface area contributed by atoms with E-state index in [1.165, 1.54) is 4.90 Å². The van der Waals surface area contributed by atoms with Crippen molar-refractivity contribution in [1.29, 1.82) is 0 Å². The number of aliphatic hydroxyl groups is 1. The Kier molecular flexibility index (Phi) is 8.48. The Morgan fingerprint density at radius 1 is 0.857 bits per heavy atom. The van der Waals surface area contributed by atoms with Gasteiger partial charge in [-0.2, -0.15) is 0 Å². The SMILES string of the molecule is CCCOC(=O)c1ccc(N2C(=O)C(=O)/C(=C(\O)c3ccc(OCc4ccccc4)c(C)c3)C2c2ccccc2)cc1. The van der Waals surface area contributed by atoms with Gasteiger partial charge in [-0.05, 0) is 72.5 Å². The van der Waals surface area contributed by atoms with Gasteiger partial charge in [0.1, 0.15) is 18.1 Å². The molecular weight excluding hydrogens is 530 g/mol. The lowest BCUT2D eigenvalue weighted by Gasteiger charge is -2.25. The van der Waals surface area contributed by atoms with Gasteiger partial charge in [-0.1, -0.05) is 67.6 Å². The second kappa shape index (κ2) is 12.6. The normalized spacial score (nSPS) is 16.0. The second-order valence-corrected chi connectivity index (χ2v) is 10.0. The third kappa shape index (κ3) is 5.81. The number of carbonyl (C=O) groups is 3. The highest BCUT2D eigenvalue weighted by Gasteiger charge is 2.47. The Hall–Kier alpha value is -5.17. The molecule has 0 radical (unpaired) electrons. The number of rotatable bonds is 9. The van der Waals surface area contributed by atoms with E-state index < -0.39 is 23.7 Å². The molecule has 5 rings (SSSR count). The monoisotopic (exact) mass is 561 g/mol. The molecule has 212 valence electrons. The molecule has 4 aromatic rings. The highest BCUT2D eigenvalue weighted by Crippen LogP contribution is 2.42. The zero-order valence-corrected chi connectivity index (χ0v) is 23.4. The first-order chi connectivity index (χ1) is 20.4. The number of ketones is 1. The molecule has 0 bridgehead atoms. The van der Waals surface area contributed by atoms with E-state index in [0.717, 1.165) is 11.1 Å². The highest BCUT2D eigenvalue weighted by atomic mass is 16.5. The first-order valence-corrected chi connectivity index (χ1v) is 13.8. The molecule has 1 atom stereocenters. The Balaban J connectivity index is 1.50. The predicted octanol–water partition coefficient (Wildman–Crippen LogP) is 6.77. The topological polar surface area (TPSA) is 93.1 Å². The van der Waals surface area contributed by atoms with Crippen LogP contribution in [0.2, 0.25) is 0 Å². The first kappa shape index (κ1) is 28.4. The number of esters is 1. The summed E-state index contributed by atoms with van der Waals surface area (Å²) in [6.07, 6.45) is 0.703. The molecule has 0 spiro atoms. The minimum Gasteiger partial charge on any atom is -0.507 e. The van der Waals surface area contributed by atoms with Crippen LogP contribution in [0, 0.1) is 6.92 Å². The third-order valence-electron chi connectivity index (χ3n) is 7.06.